The quantitative estimate of drug-likeness (QED) is 0.254. The number of hydrogen-bond acceptors (Lipinski definition) is 5. The average molecular weight is 109 g/mol. The Bertz CT molecular complexity index is 38.7. The van der Waals surface area contributed by atoms with Gasteiger partial charge in [-0.2, -0.15) is 0 Å². The third-order valence-electron chi connectivity index (χ3n) is 0.297. The van der Waals surface area contributed by atoms with Gasteiger partial charge in [-0.1, -0.05) is 5.64 Å². The smallest absolute Gasteiger partial charge is 0.177 e. The van der Waals surface area contributed by atoms with E-state index in [1.807, 2.05) is 0 Å². The zero-order valence-electron chi connectivity index (χ0n) is 3.53. The molecule has 0 aliphatic carbocycles. The molecule has 0 aliphatic heterocycles. The van der Waals surface area contributed by atoms with Crippen molar-refractivity contribution >= 4 is 0 Å². The summed E-state index contributed by atoms with van der Waals surface area (Å²) in [5.41, 5.74) is 1.28. The van der Waals surface area contributed by atoms with Crippen molar-refractivity contribution in [1.29, 1.82) is 0 Å². The molecule has 0 aromatic rings. The molecule has 0 heterocycles. The summed E-state index contributed by atoms with van der Waals surface area (Å²) < 4.78 is 0. The molecule has 0 atom stereocenters. The molecule has 0 amide bonds. The average Bonchev–Trinajstić information content (AvgIpc) is 1.61. The van der Waals surface area contributed by atoms with E-state index in [9.17, 15) is 0 Å². The lowest BCUT2D eigenvalue weighted by Gasteiger charge is -1.99. The van der Waals surface area contributed by atoms with Gasteiger partial charge in [0.2, 0.25) is 0 Å². The predicted octanol–water partition coefficient (Wildman–Crippen LogP) is -1.79. The second-order valence-electron chi connectivity index (χ2n) is 0.883. The van der Waals surface area contributed by atoms with Crippen molar-refractivity contribution in [3.05, 3.63) is 0 Å². The number of rotatable bonds is 3. The molecule has 5 nitrogen and oxygen atoms in total. The van der Waals surface area contributed by atoms with Crippen LogP contribution in [-0.4, -0.2) is 28.3 Å². The highest BCUT2D eigenvalue weighted by molar-refractivity contribution is 4.23. The second-order valence-corrected chi connectivity index (χ2v) is 0.883. The third-order valence-corrected chi connectivity index (χ3v) is 0.297. The zero-order chi connectivity index (χ0) is 5.70. The van der Waals surface area contributed by atoms with E-state index >= 15 is 0 Å². The van der Waals surface area contributed by atoms with Gasteiger partial charge in [-0.05, 0) is 0 Å². The van der Waals surface area contributed by atoms with Crippen molar-refractivity contribution in [2.24, 2.45) is 0 Å². The Balaban J connectivity index is 2.68. The Kier molecular flexibility index (Phi) is 3.86. The summed E-state index contributed by atoms with van der Waals surface area (Å²) in [5.74, 6) is 0. The van der Waals surface area contributed by atoms with Crippen molar-refractivity contribution in [2.75, 3.05) is 6.61 Å². The molecule has 0 spiro atoms. The van der Waals surface area contributed by atoms with E-state index < -0.39 is 6.29 Å². The van der Waals surface area contributed by atoms with Crippen LogP contribution in [0.5, 0.6) is 0 Å². The first-order valence-corrected chi connectivity index (χ1v) is 1.64. The highest BCUT2D eigenvalue weighted by Gasteiger charge is 1.92. The Hall–Kier alpha value is -0.200. The van der Waals surface area contributed by atoms with Crippen LogP contribution in [0.1, 0.15) is 0 Å². The minimum atomic E-state index is -1.54. The Morgan fingerprint density at radius 1 is 1.57 bits per heavy atom. The van der Waals surface area contributed by atoms with E-state index in [-0.39, 0.29) is 6.61 Å². The predicted molar refractivity (Wildman–Crippen MR) is 19.1 cm³/mol. The van der Waals surface area contributed by atoms with Gasteiger partial charge in [0.05, 0.1) is 0 Å². The van der Waals surface area contributed by atoms with Crippen molar-refractivity contribution in [1.82, 2.24) is 5.64 Å². The van der Waals surface area contributed by atoms with Gasteiger partial charge in [0.25, 0.3) is 0 Å². The van der Waals surface area contributed by atoms with Gasteiger partial charge in [0.1, 0.15) is 6.61 Å². The summed E-state index contributed by atoms with van der Waals surface area (Å²) in [7, 11) is 0. The number of aliphatic hydroxyl groups is 2. The Morgan fingerprint density at radius 2 is 2.14 bits per heavy atom. The molecule has 44 valence electrons. The Morgan fingerprint density at radius 3 is 2.29 bits per heavy atom. The first kappa shape index (κ1) is 6.80. The van der Waals surface area contributed by atoms with Crippen molar-refractivity contribution in [2.45, 2.75) is 6.29 Å². The summed E-state index contributed by atoms with van der Waals surface area (Å²) in [4.78, 5) is 3.90. The molecular weight excluding hydrogens is 102 g/mol. The molecule has 0 rings (SSSR count). The lowest BCUT2D eigenvalue weighted by atomic mass is 10.7. The van der Waals surface area contributed by atoms with Crippen LogP contribution >= 0.6 is 0 Å². The molecule has 5 heteroatoms. The van der Waals surface area contributed by atoms with Crippen LogP contribution in [0.4, 0.5) is 0 Å². The van der Waals surface area contributed by atoms with Gasteiger partial charge >= 0.3 is 0 Å². The van der Waals surface area contributed by atoms with E-state index in [1.165, 1.54) is 5.64 Å². The molecule has 0 aromatic carbocycles. The van der Waals surface area contributed by atoms with Crippen molar-refractivity contribution in [3.8, 4) is 0 Å². The summed E-state index contributed by atoms with van der Waals surface area (Å²) in [5, 5.41) is 23.5. The summed E-state index contributed by atoms with van der Waals surface area (Å²) in [6.45, 7) is -0.351. The van der Waals surface area contributed by atoms with Gasteiger partial charge in [-0.3, -0.25) is 10.0 Å². The lowest BCUT2D eigenvalue weighted by molar-refractivity contribution is -0.184. The fraction of sp³-hybridized carbons (Fsp3) is 1.00. The third kappa shape index (κ3) is 5.80. The van der Waals surface area contributed by atoms with Crippen LogP contribution < -0.4 is 5.64 Å². The van der Waals surface area contributed by atoms with Crippen LogP contribution in [-0.2, 0) is 4.84 Å². The van der Waals surface area contributed by atoms with Crippen LogP contribution in [0.3, 0.4) is 0 Å². The normalized spacial score (nSPS) is 10.3. The molecule has 0 saturated carbocycles. The van der Waals surface area contributed by atoms with E-state index in [0.29, 0.717) is 0 Å². The molecular formula is C2H7NO4. The fourth-order valence-corrected chi connectivity index (χ4v) is 0.112. The van der Waals surface area contributed by atoms with Gasteiger partial charge < -0.3 is 10.2 Å². The molecule has 7 heavy (non-hydrogen) atoms. The zero-order valence-corrected chi connectivity index (χ0v) is 3.53. The van der Waals surface area contributed by atoms with E-state index in [0.717, 1.165) is 0 Å². The second kappa shape index (κ2) is 3.97. The first-order chi connectivity index (χ1) is 3.27. The van der Waals surface area contributed by atoms with Crippen LogP contribution in [0.25, 0.3) is 0 Å². The molecule has 0 aliphatic rings. The maximum absolute atomic E-state index is 7.96. The summed E-state index contributed by atoms with van der Waals surface area (Å²) >= 11 is 0. The van der Waals surface area contributed by atoms with Crippen molar-refractivity contribution in [3.63, 3.8) is 0 Å². The largest absolute Gasteiger partial charge is 0.366 e. The minimum absolute atomic E-state index is 0.351. The maximum Gasteiger partial charge on any atom is 0.177 e. The van der Waals surface area contributed by atoms with Crippen LogP contribution in [0.2, 0.25) is 0 Å². The SMILES string of the molecule is ONOCC(O)O. The van der Waals surface area contributed by atoms with Gasteiger partial charge in [-0.25, -0.2) is 0 Å². The standard InChI is InChI=1S/C2H7NO4/c4-2(5)1-7-3-6/h2-6H,1H2. The summed E-state index contributed by atoms with van der Waals surface area (Å²) in [6, 6.07) is 0. The number of nitrogens with one attached hydrogen (secondary N) is 1. The highest BCUT2D eigenvalue weighted by atomic mass is 16.8. The minimum Gasteiger partial charge on any atom is -0.366 e. The Labute approximate surface area is 40.1 Å². The topological polar surface area (TPSA) is 82.0 Å². The van der Waals surface area contributed by atoms with E-state index in [2.05, 4.69) is 4.84 Å². The van der Waals surface area contributed by atoms with Crippen molar-refractivity contribution < 1.29 is 20.3 Å². The molecule has 4 N–H and O–H groups in total. The van der Waals surface area contributed by atoms with Gasteiger partial charge in [-0.15, -0.1) is 0 Å². The molecule has 0 radical (unpaired) electrons. The first-order valence-electron chi connectivity index (χ1n) is 1.64. The molecule has 0 fully saturated rings. The lowest BCUT2D eigenvalue weighted by Crippen LogP contribution is -2.19. The monoisotopic (exact) mass is 109 g/mol. The molecule has 0 saturated heterocycles. The summed E-state index contributed by atoms with van der Waals surface area (Å²) in [6.07, 6.45) is -1.54. The maximum atomic E-state index is 7.96. The van der Waals surface area contributed by atoms with Crippen LogP contribution in [0.15, 0.2) is 0 Å². The highest BCUT2D eigenvalue weighted by Crippen LogP contribution is 1.71. The van der Waals surface area contributed by atoms with Gasteiger partial charge in [0.15, 0.2) is 6.29 Å². The van der Waals surface area contributed by atoms with E-state index in [4.69, 9.17) is 15.4 Å². The molecule has 0 unspecified atom stereocenters. The number of aliphatic hydroxyl groups excluding tert-OH is 1. The number of hydrogen-bond donors (Lipinski definition) is 4. The van der Waals surface area contributed by atoms with Gasteiger partial charge in [0, 0.05) is 0 Å². The molecule has 0 bridgehead atoms. The molecule has 0 aromatic heterocycles. The fourth-order valence-electron chi connectivity index (χ4n) is 0.112. The van der Waals surface area contributed by atoms with E-state index in [1.54, 1.807) is 0 Å². The van der Waals surface area contributed by atoms with Crippen LogP contribution in [0, 0.1) is 0 Å².